The van der Waals surface area contributed by atoms with Crippen LogP contribution in [0.1, 0.15) is 34.9 Å². The van der Waals surface area contributed by atoms with Gasteiger partial charge in [-0.1, -0.05) is 22.8 Å². The quantitative estimate of drug-likeness (QED) is 0.751. The van der Waals surface area contributed by atoms with Crippen LogP contribution in [0.15, 0.2) is 40.2 Å². The van der Waals surface area contributed by atoms with Gasteiger partial charge in [0.25, 0.3) is 11.8 Å². The third kappa shape index (κ3) is 3.00. The highest BCUT2D eigenvalue weighted by Gasteiger charge is 2.29. The molecule has 0 aliphatic heterocycles. The summed E-state index contributed by atoms with van der Waals surface area (Å²) in [4.78, 5) is 17.5. The number of aromatic nitrogens is 2. The van der Waals surface area contributed by atoms with Crippen molar-refractivity contribution >= 4 is 34.5 Å². The third-order valence-electron chi connectivity index (χ3n) is 3.58. The van der Waals surface area contributed by atoms with Gasteiger partial charge in [0.05, 0.1) is 5.69 Å². The van der Waals surface area contributed by atoms with Crippen LogP contribution in [0.3, 0.4) is 0 Å². The zero-order chi connectivity index (χ0) is 15.8. The van der Waals surface area contributed by atoms with Crippen LogP contribution in [0, 0.1) is 0 Å². The van der Waals surface area contributed by atoms with Crippen molar-refractivity contribution in [3.05, 3.63) is 52.1 Å². The van der Waals surface area contributed by atoms with E-state index in [1.165, 1.54) is 11.3 Å². The van der Waals surface area contributed by atoms with Gasteiger partial charge in [-0.15, -0.1) is 11.3 Å². The first-order valence-electron chi connectivity index (χ1n) is 7.19. The molecule has 2 heterocycles. The van der Waals surface area contributed by atoms with Crippen molar-refractivity contribution in [2.24, 2.45) is 0 Å². The Kier molecular flexibility index (Phi) is 3.63. The second-order valence-corrected chi connectivity index (χ2v) is 6.71. The second kappa shape index (κ2) is 5.79. The molecule has 0 spiro atoms. The number of carbonyl (C=O) groups excluding carboxylic acids is 1. The maximum absolute atomic E-state index is 12.3. The molecule has 1 N–H and O–H groups in total. The first-order chi connectivity index (χ1) is 11.2. The van der Waals surface area contributed by atoms with Gasteiger partial charge < -0.3 is 9.84 Å². The van der Waals surface area contributed by atoms with Gasteiger partial charge >= 0.3 is 0 Å². The molecule has 1 aliphatic rings. The van der Waals surface area contributed by atoms with Crippen LogP contribution < -0.4 is 5.32 Å². The van der Waals surface area contributed by atoms with E-state index in [-0.39, 0.29) is 5.91 Å². The van der Waals surface area contributed by atoms with Gasteiger partial charge in [0, 0.05) is 16.5 Å². The van der Waals surface area contributed by atoms with Crippen LogP contribution in [-0.4, -0.2) is 16.0 Å². The Bertz CT molecular complexity index is 870. The predicted octanol–water partition coefficient (Wildman–Crippen LogP) is 4.58. The molecule has 1 aromatic carbocycles. The Labute approximate surface area is 141 Å². The highest BCUT2D eigenvalue weighted by Crippen LogP contribution is 2.40. The Balaban J connectivity index is 1.58. The number of hydrogen-bond donors (Lipinski definition) is 1. The van der Waals surface area contributed by atoms with Gasteiger partial charge in [0.15, 0.2) is 5.82 Å². The predicted molar refractivity (Wildman–Crippen MR) is 89.0 cm³/mol. The summed E-state index contributed by atoms with van der Waals surface area (Å²) in [5.41, 5.74) is 1.16. The van der Waals surface area contributed by atoms with Crippen molar-refractivity contribution in [3.63, 3.8) is 0 Å². The van der Waals surface area contributed by atoms with Crippen LogP contribution >= 0.6 is 22.9 Å². The van der Waals surface area contributed by atoms with Gasteiger partial charge in [-0.05, 0) is 42.5 Å². The number of anilines is 1. The molecule has 1 amide bonds. The fourth-order valence-electron chi connectivity index (χ4n) is 2.23. The van der Waals surface area contributed by atoms with Crippen molar-refractivity contribution in [1.82, 2.24) is 10.1 Å². The lowest BCUT2D eigenvalue weighted by Gasteiger charge is -2.05. The number of thiophene rings is 1. The summed E-state index contributed by atoms with van der Waals surface area (Å²) in [6.07, 6.45) is 2.23. The first kappa shape index (κ1) is 14.4. The molecule has 3 aromatic rings. The number of benzene rings is 1. The summed E-state index contributed by atoms with van der Waals surface area (Å²) in [5, 5.41) is 9.29. The minimum absolute atomic E-state index is 0.228. The lowest BCUT2D eigenvalue weighted by molar-refractivity contribution is 0.102. The smallest absolute Gasteiger partial charge is 0.270 e. The van der Waals surface area contributed by atoms with E-state index < -0.39 is 0 Å². The zero-order valence-electron chi connectivity index (χ0n) is 12.0. The molecule has 1 aliphatic carbocycles. The molecular weight excluding hydrogens is 334 g/mol. The number of halogens is 1. The molecule has 4 rings (SSSR count). The van der Waals surface area contributed by atoms with E-state index in [2.05, 4.69) is 15.5 Å². The summed E-state index contributed by atoms with van der Waals surface area (Å²) in [7, 11) is 0. The fraction of sp³-hybridized carbons (Fsp3) is 0.188. The minimum Gasteiger partial charge on any atom is -0.333 e. The molecule has 0 atom stereocenters. The van der Waals surface area contributed by atoms with Gasteiger partial charge in [-0.3, -0.25) is 4.79 Å². The summed E-state index contributed by atoms with van der Waals surface area (Å²) in [6, 6.07) is 8.63. The highest BCUT2D eigenvalue weighted by atomic mass is 35.5. The van der Waals surface area contributed by atoms with Crippen LogP contribution in [0.4, 0.5) is 5.69 Å². The van der Waals surface area contributed by atoms with Crippen LogP contribution in [0.5, 0.6) is 0 Å². The van der Waals surface area contributed by atoms with E-state index in [1.807, 2.05) is 11.4 Å². The maximum atomic E-state index is 12.3. The Hall–Kier alpha value is -2.18. The van der Waals surface area contributed by atoms with Gasteiger partial charge in [-0.25, -0.2) is 0 Å². The highest BCUT2D eigenvalue weighted by molar-refractivity contribution is 7.14. The number of nitrogens with zero attached hydrogens (tertiary/aromatic N) is 2. The molecule has 0 unspecified atom stereocenters. The van der Waals surface area contributed by atoms with Gasteiger partial charge in [0.2, 0.25) is 0 Å². The summed E-state index contributed by atoms with van der Waals surface area (Å²) in [6.45, 7) is 0. The van der Waals surface area contributed by atoms with Gasteiger partial charge in [-0.2, -0.15) is 4.98 Å². The second-order valence-electron chi connectivity index (χ2n) is 5.36. The van der Waals surface area contributed by atoms with E-state index in [0.717, 1.165) is 23.5 Å². The Morgan fingerprint density at radius 3 is 3.00 bits per heavy atom. The molecular formula is C16H12ClN3O2S. The number of rotatable bonds is 4. The molecule has 0 bridgehead atoms. The van der Waals surface area contributed by atoms with Crippen molar-refractivity contribution < 1.29 is 9.32 Å². The van der Waals surface area contributed by atoms with Crippen molar-refractivity contribution in [2.45, 2.75) is 18.8 Å². The number of carbonyl (C=O) groups is 1. The standard InChI is InChI=1S/C16H12ClN3O2S/c17-11-3-1-2-10(8-11)15(21)18-12-6-7-23-13(12)16-19-14(20-22-16)9-4-5-9/h1-3,6-9H,4-5H2,(H,18,21). The molecule has 7 heteroatoms. The number of nitrogens with one attached hydrogen (secondary N) is 1. The lowest BCUT2D eigenvalue weighted by atomic mass is 10.2. The minimum atomic E-state index is -0.228. The molecule has 23 heavy (non-hydrogen) atoms. The van der Waals surface area contributed by atoms with Gasteiger partial charge in [0.1, 0.15) is 4.88 Å². The van der Waals surface area contributed by atoms with Crippen molar-refractivity contribution in [2.75, 3.05) is 5.32 Å². The van der Waals surface area contributed by atoms with E-state index in [9.17, 15) is 4.79 Å². The van der Waals surface area contributed by atoms with E-state index in [4.69, 9.17) is 16.1 Å². The van der Waals surface area contributed by atoms with Crippen LogP contribution in [0.2, 0.25) is 5.02 Å². The van der Waals surface area contributed by atoms with Crippen molar-refractivity contribution in [3.8, 4) is 10.8 Å². The van der Waals surface area contributed by atoms with Crippen LogP contribution in [-0.2, 0) is 0 Å². The number of hydrogen-bond acceptors (Lipinski definition) is 5. The third-order valence-corrected chi connectivity index (χ3v) is 4.72. The SMILES string of the molecule is O=C(Nc1ccsc1-c1nc(C2CC2)no1)c1cccc(Cl)c1. The topological polar surface area (TPSA) is 68.0 Å². The average molecular weight is 346 g/mol. The summed E-state index contributed by atoms with van der Waals surface area (Å²) < 4.78 is 5.33. The molecule has 116 valence electrons. The van der Waals surface area contributed by atoms with Crippen LogP contribution in [0.25, 0.3) is 10.8 Å². The molecule has 0 saturated heterocycles. The zero-order valence-corrected chi connectivity index (χ0v) is 13.5. The summed E-state index contributed by atoms with van der Waals surface area (Å²) >= 11 is 7.38. The molecule has 5 nitrogen and oxygen atoms in total. The average Bonchev–Trinajstić information content (AvgIpc) is 3.10. The normalized spacial score (nSPS) is 14.0. The Morgan fingerprint density at radius 1 is 1.35 bits per heavy atom. The molecule has 0 radical (unpaired) electrons. The lowest BCUT2D eigenvalue weighted by Crippen LogP contribution is -2.11. The molecule has 1 fully saturated rings. The van der Waals surface area contributed by atoms with E-state index >= 15 is 0 Å². The van der Waals surface area contributed by atoms with Crippen molar-refractivity contribution in [1.29, 1.82) is 0 Å². The largest absolute Gasteiger partial charge is 0.333 e. The van der Waals surface area contributed by atoms with E-state index in [1.54, 1.807) is 24.3 Å². The monoisotopic (exact) mass is 345 g/mol. The number of amides is 1. The molecule has 1 saturated carbocycles. The summed E-state index contributed by atoms with van der Waals surface area (Å²) in [5.74, 6) is 1.40. The molecule has 2 aromatic heterocycles. The fourth-order valence-corrected chi connectivity index (χ4v) is 3.19. The first-order valence-corrected chi connectivity index (χ1v) is 8.45. The van der Waals surface area contributed by atoms with E-state index in [0.29, 0.717) is 28.1 Å². The Morgan fingerprint density at radius 2 is 2.22 bits per heavy atom. The maximum Gasteiger partial charge on any atom is 0.270 e.